The molecule has 2 aliphatic carbocycles. The van der Waals surface area contributed by atoms with Crippen LogP contribution in [0.3, 0.4) is 0 Å². The van der Waals surface area contributed by atoms with Gasteiger partial charge in [-0.1, -0.05) is 19.3 Å². The molecule has 0 spiro atoms. The maximum atomic E-state index is 12.4. The summed E-state index contributed by atoms with van der Waals surface area (Å²) in [5, 5.41) is 0. The number of ether oxygens (including phenoxy) is 1. The highest BCUT2D eigenvalue weighted by molar-refractivity contribution is 7.99. The van der Waals surface area contributed by atoms with Gasteiger partial charge in [-0.25, -0.2) is 4.79 Å². The SMILES string of the molecule is O=C(OC1CCCCCC1)C1CSCN1C(=O)C1CCC1. The van der Waals surface area contributed by atoms with Gasteiger partial charge in [0.15, 0.2) is 0 Å². The lowest BCUT2D eigenvalue weighted by Gasteiger charge is -2.31. The van der Waals surface area contributed by atoms with Crippen LogP contribution >= 0.6 is 11.8 Å². The molecule has 4 nitrogen and oxygen atoms in total. The van der Waals surface area contributed by atoms with Crippen molar-refractivity contribution in [3.05, 3.63) is 0 Å². The maximum absolute atomic E-state index is 12.4. The van der Waals surface area contributed by atoms with Crippen molar-refractivity contribution < 1.29 is 14.3 Å². The zero-order chi connectivity index (χ0) is 14.7. The molecule has 1 aliphatic heterocycles. The predicted molar refractivity (Wildman–Crippen MR) is 82.9 cm³/mol. The summed E-state index contributed by atoms with van der Waals surface area (Å²) in [5.41, 5.74) is 0. The average Bonchev–Trinajstić information content (AvgIpc) is 2.76. The normalized spacial score (nSPS) is 28.0. The third-order valence-electron chi connectivity index (χ3n) is 4.98. The average molecular weight is 311 g/mol. The molecule has 3 aliphatic rings. The summed E-state index contributed by atoms with van der Waals surface area (Å²) in [6.45, 7) is 0. The molecule has 0 radical (unpaired) electrons. The number of hydrogen-bond acceptors (Lipinski definition) is 4. The monoisotopic (exact) mass is 311 g/mol. The molecule has 118 valence electrons. The van der Waals surface area contributed by atoms with Gasteiger partial charge >= 0.3 is 5.97 Å². The van der Waals surface area contributed by atoms with E-state index >= 15 is 0 Å². The van der Waals surface area contributed by atoms with Crippen molar-refractivity contribution in [2.75, 3.05) is 11.6 Å². The Balaban J connectivity index is 1.56. The lowest BCUT2D eigenvalue weighted by molar-refractivity contribution is -0.159. The number of thioether (sulfide) groups is 1. The van der Waals surface area contributed by atoms with Crippen LogP contribution in [0.4, 0.5) is 0 Å². The third kappa shape index (κ3) is 3.55. The maximum Gasteiger partial charge on any atom is 0.330 e. The van der Waals surface area contributed by atoms with Crippen molar-refractivity contribution in [3.63, 3.8) is 0 Å². The van der Waals surface area contributed by atoms with Gasteiger partial charge in [-0.3, -0.25) is 4.79 Å². The van der Waals surface area contributed by atoms with Gasteiger partial charge in [-0.2, -0.15) is 0 Å². The van der Waals surface area contributed by atoms with Gasteiger partial charge < -0.3 is 9.64 Å². The van der Waals surface area contributed by atoms with Gasteiger partial charge in [0.25, 0.3) is 0 Å². The molecule has 0 aromatic rings. The minimum Gasteiger partial charge on any atom is -0.461 e. The van der Waals surface area contributed by atoms with Crippen molar-refractivity contribution in [1.29, 1.82) is 0 Å². The zero-order valence-corrected chi connectivity index (χ0v) is 13.4. The van der Waals surface area contributed by atoms with Crippen molar-refractivity contribution in [3.8, 4) is 0 Å². The summed E-state index contributed by atoms with van der Waals surface area (Å²) >= 11 is 1.67. The Bertz CT molecular complexity index is 389. The van der Waals surface area contributed by atoms with E-state index < -0.39 is 0 Å². The van der Waals surface area contributed by atoms with E-state index in [0.717, 1.165) is 44.9 Å². The smallest absolute Gasteiger partial charge is 0.330 e. The fourth-order valence-electron chi connectivity index (χ4n) is 3.35. The van der Waals surface area contributed by atoms with Gasteiger partial charge in [0.2, 0.25) is 5.91 Å². The van der Waals surface area contributed by atoms with E-state index in [2.05, 4.69) is 0 Å². The Morgan fingerprint density at radius 1 is 0.952 bits per heavy atom. The van der Waals surface area contributed by atoms with Crippen LogP contribution in [0.2, 0.25) is 0 Å². The Kier molecular flexibility index (Phi) is 5.09. The molecule has 0 N–H and O–H groups in total. The fourth-order valence-corrected chi connectivity index (χ4v) is 4.50. The largest absolute Gasteiger partial charge is 0.461 e. The van der Waals surface area contributed by atoms with Crippen LogP contribution in [0.15, 0.2) is 0 Å². The highest BCUT2D eigenvalue weighted by Crippen LogP contribution is 2.32. The van der Waals surface area contributed by atoms with E-state index in [1.54, 1.807) is 16.7 Å². The Hall–Kier alpha value is -0.710. The molecule has 5 heteroatoms. The summed E-state index contributed by atoms with van der Waals surface area (Å²) in [6.07, 6.45) is 9.99. The second kappa shape index (κ2) is 7.03. The van der Waals surface area contributed by atoms with E-state index in [0.29, 0.717) is 11.6 Å². The van der Waals surface area contributed by atoms with Crippen LogP contribution in [0.25, 0.3) is 0 Å². The molecule has 1 atom stereocenters. The van der Waals surface area contributed by atoms with Gasteiger partial charge in [0.05, 0.1) is 5.88 Å². The Morgan fingerprint density at radius 3 is 2.29 bits per heavy atom. The standard InChI is InChI=1S/C16H25NO3S/c18-15(12-6-5-7-12)17-11-21-10-14(17)16(19)20-13-8-3-1-2-4-9-13/h12-14H,1-11H2. The number of hydrogen-bond donors (Lipinski definition) is 0. The lowest BCUT2D eigenvalue weighted by atomic mass is 9.84. The molecule has 0 aromatic heterocycles. The summed E-state index contributed by atoms with van der Waals surface area (Å²) in [6, 6.07) is -0.341. The zero-order valence-electron chi connectivity index (χ0n) is 12.6. The number of amides is 1. The molecule has 0 bridgehead atoms. The van der Waals surface area contributed by atoms with Crippen LogP contribution in [0.1, 0.15) is 57.8 Å². The van der Waals surface area contributed by atoms with Crippen molar-refractivity contribution in [1.82, 2.24) is 4.90 Å². The summed E-state index contributed by atoms with van der Waals surface area (Å²) in [7, 11) is 0. The molecule has 1 heterocycles. The Labute approximate surface area is 131 Å². The van der Waals surface area contributed by atoms with Crippen molar-refractivity contribution in [2.24, 2.45) is 5.92 Å². The number of carbonyl (C=O) groups excluding carboxylic acids is 2. The molecule has 1 amide bonds. The molecule has 3 fully saturated rings. The van der Waals surface area contributed by atoms with E-state index in [9.17, 15) is 9.59 Å². The van der Waals surface area contributed by atoms with E-state index in [4.69, 9.17) is 4.74 Å². The molecular weight excluding hydrogens is 286 g/mol. The first-order valence-electron chi connectivity index (χ1n) is 8.34. The topological polar surface area (TPSA) is 46.6 Å². The van der Waals surface area contributed by atoms with E-state index in [1.807, 2.05) is 0 Å². The molecule has 2 saturated carbocycles. The predicted octanol–water partition coefficient (Wildman–Crippen LogP) is 2.95. The Morgan fingerprint density at radius 2 is 1.67 bits per heavy atom. The highest BCUT2D eigenvalue weighted by atomic mass is 32.2. The first kappa shape index (κ1) is 15.2. The van der Waals surface area contributed by atoms with Crippen molar-refractivity contribution >= 4 is 23.6 Å². The summed E-state index contributed by atoms with van der Waals surface area (Å²) in [4.78, 5) is 26.6. The van der Waals surface area contributed by atoms with Crippen LogP contribution in [0, 0.1) is 5.92 Å². The van der Waals surface area contributed by atoms with Gasteiger partial charge in [-0.05, 0) is 38.5 Å². The van der Waals surface area contributed by atoms with Crippen LogP contribution in [-0.2, 0) is 14.3 Å². The van der Waals surface area contributed by atoms with Crippen LogP contribution in [0.5, 0.6) is 0 Å². The molecule has 0 aromatic carbocycles. The first-order chi connectivity index (χ1) is 10.3. The first-order valence-corrected chi connectivity index (χ1v) is 9.50. The number of rotatable bonds is 3. The minimum atomic E-state index is -0.341. The molecule has 1 unspecified atom stereocenters. The summed E-state index contributed by atoms with van der Waals surface area (Å²) in [5.74, 6) is 1.52. The number of carbonyl (C=O) groups is 2. The van der Waals surface area contributed by atoms with Crippen molar-refractivity contribution in [2.45, 2.75) is 69.9 Å². The fraction of sp³-hybridized carbons (Fsp3) is 0.875. The lowest BCUT2D eigenvalue weighted by Crippen LogP contribution is -2.47. The van der Waals surface area contributed by atoms with Gasteiger partial charge in [-0.15, -0.1) is 11.8 Å². The molecule has 3 rings (SSSR count). The molecular formula is C16H25NO3S. The van der Waals surface area contributed by atoms with E-state index in [-0.39, 0.29) is 29.9 Å². The van der Waals surface area contributed by atoms with Crippen LogP contribution in [-0.4, -0.2) is 40.6 Å². The van der Waals surface area contributed by atoms with E-state index in [1.165, 1.54) is 12.8 Å². The second-order valence-electron chi connectivity index (χ2n) is 6.50. The summed E-state index contributed by atoms with van der Waals surface area (Å²) < 4.78 is 5.72. The minimum absolute atomic E-state index is 0.0752. The number of esters is 1. The highest BCUT2D eigenvalue weighted by Gasteiger charge is 2.40. The van der Waals surface area contributed by atoms with Gasteiger partial charge in [0.1, 0.15) is 12.1 Å². The van der Waals surface area contributed by atoms with Gasteiger partial charge in [0, 0.05) is 11.7 Å². The number of nitrogens with zero attached hydrogens (tertiary/aromatic N) is 1. The third-order valence-corrected chi connectivity index (χ3v) is 5.99. The second-order valence-corrected chi connectivity index (χ2v) is 7.50. The molecule has 21 heavy (non-hydrogen) atoms. The molecule has 1 saturated heterocycles. The van der Waals surface area contributed by atoms with Crippen LogP contribution < -0.4 is 0 Å². The quantitative estimate of drug-likeness (QED) is 0.594.